The van der Waals surface area contributed by atoms with Crippen molar-refractivity contribution in [2.45, 2.75) is 26.7 Å². The molecule has 0 unspecified atom stereocenters. The molecule has 0 radical (unpaired) electrons. The van der Waals surface area contributed by atoms with Crippen LogP contribution in [0.4, 0.5) is 5.69 Å². The lowest BCUT2D eigenvalue weighted by atomic mass is 9.98. The lowest BCUT2D eigenvalue weighted by Crippen LogP contribution is -2.20. The molecular formula is C19H22N2O4. The van der Waals surface area contributed by atoms with Crippen molar-refractivity contribution in [3.8, 4) is 5.75 Å². The van der Waals surface area contributed by atoms with E-state index in [4.69, 9.17) is 10.6 Å². The van der Waals surface area contributed by atoms with E-state index in [1.807, 2.05) is 25.1 Å². The zero-order valence-corrected chi connectivity index (χ0v) is 14.5. The van der Waals surface area contributed by atoms with Crippen LogP contribution in [0.2, 0.25) is 0 Å². The first-order valence-electron chi connectivity index (χ1n) is 7.95. The van der Waals surface area contributed by atoms with Crippen LogP contribution in [-0.4, -0.2) is 18.5 Å². The van der Waals surface area contributed by atoms with Gasteiger partial charge in [-0.05, 0) is 54.3 Å². The molecule has 132 valence electrons. The summed E-state index contributed by atoms with van der Waals surface area (Å²) in [5, 5.41) is 2.66. The molecule has 0 saturated heterocycles. The van der Waals surface area contributed by atoms with E-state index >= 15 is 0 Å². The van der Waals surface area contributed by atoms with Crippen molar-refractivity contribution >= 4 is 17.6 Å². The standard InChI is InChI=1S/C19H22N2O4/c1-12(2)17-8-7-16(9-13(17)3)24-11-18(22)21-15-6-4-5-14(10-15)19(23)25-20/h4-10,12H,11,20H2,1-3H3,(H,21,22). The summed E-state index contributed by atoms with van der Waals surface area (Å²) in [6.07, 6.45) is 0. The van der Waals surface area contributed by atoms with E-state index in [1.165, 1.54) is 11.6 Å². The number of nitrogens with one attached hydrogen (secondary N) is 1. The highest BCUT2D eigenvalue weighted by Gasteiger charge is 2.10. The molecule has 2 aromatic carbocycles. The topological polar surface area (TPSA) is 90.6 Å². The Kier molecular flexibility index (Phi) is 6.14. The lowest BCUT2D eigenvalue weighted by Gasteiger charge is -2.12. The van der Waals surface area contributed by atoms with Crippen LogP contribution >= 0.6 is 0 Å². The number of benzene rings is 2. The third-order valence-corrected chi connectivity index (χ3v) is 3.72. The number of ether oxygens (including phenoxy) is 1. The third-order valence-electron chi connectivity index (χ3n) is 3.72. The van der Waals surface area contributed by atoms with Crippen LogP contribution in [-0.2, 0) is 9.63 Å². The number of hydrogen-bond donors (Lipinski definition) is 2. The zero-order valence-electron chi connectivity index (χ0n) is 14.5. The molecule has 0 aliphatic rings. The molecule has 1 amide bonds. The summed E-state index contributed by atoms with van der Waals surface area (Å²) >= 11 is 0. The Labute approximate surface area is 146 Å². The second kappa shape index (κ2) is 8.30. The molecule has 6 heteroatoms. The normalized spacial score (nSPS) is 10.4. The first-order valence-corrected chi connectivity index (χ1v) is 7.95. The van der Waals surface area contributed by atoms with Crippen molar-refractivity contribution in [2.24, 2.45) is 5.90 Å². The maximum Gasteiger partial charge on any atom is 0.356 e. The van der Waals surface area contributed by atoms with Gasteiger partial charge in [-0.15, -0.1) is 0 Å². The molecule has 3 N–H and O–H groups in total. The maximum absolute atomic E-state index is 12.0. The maximum atomic E-state index is 12.0. The van der Waals surface area contributed by atoms with Crippen LogP contribution in [0.5, 0.6) is 5.75 Å². The monoisotopic (exact) mass is 342 g/mol. The molecule has 0 aliphatic heterocycles. The average Bonchev–Trinajstić information content (AvgIpc) is 2.59. The smallest absolute Gasteiger partial charge is 0.356 e. The average molecular weight is 342 g/mol. The van der Waals surface area contributed by atoms with Gasteiger partial charge in [0, 0.05) is 5.69 Å². The first kappa shape index (κ1) is 18.5. The summed E-state index contributed by atoms with van der Waals surface area (Å²) in [6.45, 7) is 6.14. The Morgan fingerprint density at radius 3 is 2.56 bits per heavy atom. The molecule has 2 aromatic rings. The fourth-order valence-corrected chi connectivity index (χ4v) is 2.52. The summed E-state index contributed by atoms with van der Waals surface area (Å²) < 4.78 is 5.53. The number of hydrogen-bond acceptors (Lipinski definition) is 5. The van der Waals surface area contributed by atoms with E-state index in [2.05, 4.69) is 24.0 Å². The number of carbonyl (C=O) groups excluding carboxylic acids is 2. The van der Waals surface area contributed by atoms with Gasteiger partial charge >= 0.3 is 5.97 Å². The van der Waals surface area contributed by atoms with Crippen molar-refractivity contribution in [3.63, 3.8) is 0 Å². The summed E-state index contributed by atoms with van der Waals surface area (Å²) in [4.78, 5) is 27.6. The quantitative estimate of drug-likeness (QED) is 0.787. The zero-order chi connectivity index (χ0) is 18.4. The predicted octanol–water partition coefficient (Wildman–Crippen LogP) is 3.17. The van der Waals surface area contributed by atoms with Gasteiger partial charge in [-0.2, -0.15) is 5.90 Å². The van der Waals surface area contributed by atoms with Crippen LogP contribution in [0.15, 0.2) is 42.5 Å². The van der Waals surface area contributed by atoms with Gasteiger partial charge in [0.2, 0.25) is 0 Å². The van der Waals surface area contributed by atoms with Gasteiger partial charge in [-0.3, -0.25) is 4.79 Å². The Morgan fingerprint density at radius 2 is 1.92 bits per heavy atom. The number of carbonyl (C=O) groups is 2. The summed E-state index contributed by atoms with van der Waals surface area (Å²) in [6, 6.07) is 12.1. The molecule has 0 bridgehead atoms. The van der Waals surface area contributed by atoms with E-state index in [1.54, 1.807) is 18.2 Å². The summed E-state index contributed by atoms with van der Waals surface area (Å²) in [5.41, 5.74) is 3.09. The van der Waals surface area contributed by atoms with Gasteiger partial charge in [-0.25, -0.2) is 4.79 Å². The second-order valence-corrected chi connectivity index (χ2v) is 6.00. The third kappa shape index (κ3) is 5.06. The number of aryl methyl sites for hydroxylation is 1. The van der Waals surface area contributed by atoms with Gasteiger partial charge < -0.3 is 14.9 Å². The SMILES string of the molecule is Cc1cc(OCC(=O)Nc2cccc(C(=O)ON)c2)ccc1C(C)C. The van der Waals surface area contributed by atoms with E-state index in [9.17, 15) is 9.59 Å². The van der Waals surface area contributed by atoms with Crippen LogP contribution < -0.4 is 16.0 Å². The van der Waals surface area contributed by atoms with Gasteiger partial charge in [0.1, 0.15) is 5.75 Å². The molecule has 6 nitrogen and oxygen atoms in total. The molecule has 0 heterocycles. The number of nitrogens with two attached hydrogens (primary N) is 1. The minimum absolute atomic E-state index is 0.133. The minimum Gasteiger partial charge on any atom is -0.484 e. The van der Waals surface area contributed by atoms with Crippen LogP contribution in [0.1, 0.15) is 41.3 Å². The Morgan fingerprint density at radius 1 is 1.16 bits per heavy atom. The molecule has 2 rings (SSSR count). The van der Waals surface area contributed by atoms with Crippen molar-refractivity contribution in [3.05, 3.63) is 59.2 Å². The van der Waals surface area contributed by atoms with Gasteiger partial charge in [0.15, 0.2) is 6.61 Å². The predicted molar refractivity (Wildman–Crippen MR) is 95.4 cm³/mol. The molecule has 0 aliphatic carbocycles. The number of rotatable bonds is 6. The van der Waals surface area contributed by atoms with Crippen LogP contribution in [0.25, 0.3) is 0 Å². The molecule has 0 atom stereocenters. The van der Waals surface area contributed by atoms with E-state index in [0.29, 0.717) is 17.4 Å². The van der Waals surface area contributed by atoms with Crippen molar-refractivity contribution in [1.29, 1.82) is 0 Å². The molecule has 0 fully saturated rings. The first-order chi connectivity index (χ1) is 11.9. The van der Waals surface area contributed by atoms with Gasteiger partial charge in [0.25, 0.3) is 5.91 Å². The molecule has 0 aromatic heterocycles. The van der Waals surface area contributed by atoms with Crippen LogP contribution in [0, 0.1) is 6.92 Å². The number of amides is 1. The van der Waals surface area contributed by atoms with Crippen molar-refractivity contribution in [2.75, 3.05) is 11.9 Å². The fourth-order valence-electron chi connectivity index (χ4n) is 2.52. The second-order valence-electron chi connectivity index (χ2n) is 6.00. The fraction of sp³-hybridized carbons (Fsp3) is 0.263. The lowest BCUT2D eigenvalue weighted by molar-refractivity contribution is -0.118. The molecule has 0 saturated carbocycles. The highest BCUT2D eigenvalue weighted by molar-refractivity contribution is 5.95. The Bertz CT molecular complexity index is 772. The van der Waals surface area contributed by atoms with Crippen molar-refractivity contribution < 1.29 is 19.2 Å². The van der Waals surface area contributed by atoms with Gasteiger partial charge in [-0.1, -0.05) is 26.0 Å². The Balaban J connectivity index is 1.95. The van der Waals surface area contributed by atoms with Crippen LogP contribution in [0.3, 0.4) is 0 Å². The van der Waals surface area contributed by atoms with E-state index in [-0.39, 0.29) is 18.1 Å². The van der Waals surface area contributed by atoms with E-state index in [0.717, 1.165) is 5.56 Å². The Hall–Kier alpha value is -2.86. The molecular weight excluding hydrogens is 320 g/mol. The molecule has 0 spiro atoms. The number of anilines is 1. The van der Waals surface area contributed by atoms with Gasteiger partial charge in [0.05, 0.1) is 5.56 Å². The highest BCUT2D eigenvalue weighted by Crippen LogP contribution is 2.23. The van der Waals surface area contributed by atoms with Crippen molar-refractivity contribution in [1.82, 2.24) is 0 Å². The largest absolute Gasteiger partial charge is 0.484 e. The molecule has 25 heavy (non-hydrogen) atoms. The van der Waals surface area contributed by atoms with E-state index < -0.39 is 5.97 Å². The summed E-state index contributed by atoms with van der Waals surface area (Å²) in [7, 11) is 0. The minimum atomic E-state index is -0.673. The highest BCUT2D eigenvalue weighted by atomic mass is 16.7. The summed E-state index contributed by atoms with van der Waals surface area (Å²) in [5.74, 6) is 4.92.